The van der Waals surface area contributed by atoms with Crippen molar-refractivity contribution < 1.29 is 56.2 Å². The molecule has 8 atom stereocenters. The van der Waals surface area contributed by atoms with Crippen LogP contribution in [0.4, 0.5) is 0 Å². The number of nitrogens with one attached hydrogen (secondary N) is 7. The van der Waals surface area contributed by atoms with Gasteiger partial charge in [0.05, 0.1) is 12.1 Å². The Balaban J connectivity index is 0.00000327. The predicted molar refractivity (Wildman–Crippen MR) is 214 cm³/mol. The topological polar surface area (TPSA) is 403 Å². The van der Waals surface area contributed by atoms with E-state index in [0.29, 0.717) is 5.56 Å². The molecule has 1 heterocycles. The Bertz CT molecular complexity index is 1650. The minimum Gasteiger partial charge on any atom is -0.391 e. The number of hydrogen-bond donors (Lipinski definition) is 14. The first-order chi connectivity index (χ1) is 27.6. The quantitative estimate of drug-likeness (QED) is 0.0925. The summed E-state index contributed by atoms with van der Waals surface area (Å²) in [7, 11) is -4.67. The van der Waals surface area contributed by atoms with Crippen molar-refractivity contribution in [2.45, 2.75) is 108 Å². The van der Waals surface area contributed by atoms with E-state index in [1.165, 1.54) is 6.92 Å². The van der Waals surface area contributed by atoms with Gasteiger partial charge in [0.2, 0.25) is 41.4 Å². The molecule has 1 aromatic rings. The van der Waals surface area contributed by atoms with Crippen molar-refractivity contribution in [1.29, 1.82) is 0 Å². The van der Waals surface area contributed by atoms with Crippen LogP contribution in [0.3, 0.4) is 0 Å². The second-order valence-electron chi connectivity index (χ2n) is 14.2. The Kier molecular flexibility index (Phi) is 23.3. The third-order valence-corrected chi connectivity index (χ3v) is 8.67. The largest absolute Gasteiger partial charge is 0.394 e. The van der Waals surface area contributed by atoms with Gasteiger partial charge in [0.1, 0.15) is 36.3 Å². The zero-order chi connectivity index (χ0) is 44.9. The molecule has 1 saturated heterocycles. The molecular formula is C35H61N11O12S. The molecule has 24 heteroatoms. The highest BCUT2D eigenvalue weighted by molar-refractivity contribution is 7.79. The maximum Gasteiger partial charge on any atom is 0.394 e. The summed E-state index contributed by atoms with van der Waals surface area (Å²) in [5, 5.41) is 28.5. The van der Waals surface area contributed by atoms with Crippen LogP contribution in [-0.2, 0) is 50.4 Å². The summed E-state index contributed by atoms with van der Waals surface area (Å²) in [6.07, 6.45) is -1.43. The molecular weight excluding hydrogens is 799 g/mol. The predicted octanol–water partition coefficient (Wildman–Crippen LogP) is -5.19. The molecule has 2 rings (SSSR count). The molecule has 1 aromatic carbocycles. The van der Waals surface area contributed by atoms with Gasteiger partial charge in [-0.2, -0.15) is 8.42 Å². The number of aliphatic hydroxyl groups is 1. The molecule has 18 N–H and O–H groups in total. The number of amides is 7. The zero-order valence-corrected chi connectivity index (χ0v) is 34.2. The monoisotopic (exact) mass is 859 g/mol. The smallest absolute Gasteiger partial charge is 0.391 e. The highest BCUT2D eigenvalue weighted by Crippen LogP contribution is 2.10. The lowest BCUT2D eigenvalue weighted by Gasteiger charge is -2.28. The van der Waals surface area contributed by atoms with Crippen molar-refractivity contribution in [3.8, 4) is 0 Å². The van der Waals surface area contributed by atoms with Crippen LogP contribution in [0.25, 0.3) is 0 Å². The highest BCUT2D eigenvalue weighted by Gasteiger charge is 2.34. The fourth-order valence-electron chi connectivity index (χ4n) is 5.69. The first-order valence-corrected chi connectivity index (χ1v) is 20.4. The lowest BCUT2D eigenvalue weighted by Crippen LogP contribution is -2.61. The first kappa shape index (κ1) is 52.2. The van der Waals surface area contributed by atoms with E-state index >= 15 is 0 Å². The van der Waals surface area contributed by atoms with Crippen molar-refractivity contribution in [3.63, 3.8) is 0 Å². The molecule has 0 aromatic heterocycles. The Morgan fingerprint density at radius 1 is 0.627 bits per heavy atom. The third-order valence-electron chi connectivity index (χ3n) is 8.67. The van der Waals surface area contributed by atoms with Crippen LogP contribution >= 0.6 is 0 Å². The average Bonchev–Trinajstić information content (AvgIpc) is 3.14. The van der Waals surface area contributed by atoms with Crippen LogP contribution in [0.1, 0.15) is 58.4 Å². The van der Waals surface area contributed by atoms with Gasteiger partial charge in [-0.05, 0) is 70.1 Å². The van der Waals surface area contributed by atoms with Crippen LogP contribution in [-0.4, -0.2) is 139 Å². The van der Waals surface area contributed by atoms with Crippen molar-refractivity contribution in [3.05, 3.63) is 35.9 Å². The summed E-state index contributed by atoms with van der Waals surface area (Å²) in [4.78, 5) is 94.4. The molecule has 0 radical (unpaired) electrons. The van der Waals surface area contributed by atoms with E-state index in [-0.39, 0.29) is 70.6 Å². The van der Waals surface area contributed by atoms with Crippen molar-refractivity contribution in [1.82, 2.24) is 37.2 Å². The molecule has 59 heavy (non-hydrogen) atoms. The molecule has 8 unspecified atom stereocenters. The lowest BCUT2D eigenvalue weighted by atomic mass is 10.00. The van der Waals surface area contributed by atoms with Gasteiger partial charge in [0, 0.05) is 13.0 Å². The van der Waals surface area contributed by atoms with Crippen molar-refractivity contribution >= 4 is 51.7 Å². The normalized spacial score (nSPS) is 25.4. The van der Waals surface area contributed by atoms with Crippen LogP contribution in [0.5, 0.6) is 0 Å². The number of hydrogen-bond acceptors (Lipinski definition) is 14. The molecule has 23 nitrogen and oxygen atoms in total. The standard InChI is InChI=1S/C35H59N11O8.H2O4S/c1-19(2)17-26-33(52)43-24(10-14-37)30(49)42-25(11-15-38)32(51)46-28(20(3)47)35(54)40-16-12-22(39)29(48)41-23(9-13-36)31(50)45-27(34(53)44-26)18-21-7-5-4-6-8-21;1-5(2,3)4/h4-8,19-20,22-28,47H,9-18,36-39H2,1-3H3,(H,40,54)(H,41,48)(H,42,49)(H,43,52)(H,44,53)(H,45,50)(H,46,51);(H2,1,2,3,4). The molecule has 0 bridgehead atoms. The van der Waals surface area contributed by atoms with Crippen molar-refractivity contribution in [2.75, 3.05) is 26.2 Å². The number of carbonyl (C=O) groups is 7. The number of benzene rings is 1. The molecule has 1 fully saturated rings. The van der Waals surface area contributed by atoms with E-state index in [4.69, 9.17) is 40.5 Å². The van der Waals surface area contributed by atoms with Crippen LogP contribution < -0.4 is 60.2 Å². The van der Waals surface area contributed by atoms with E-state index in [1.54, 1.807) is 30.3 Å². The van der Waals surface area contributed by atoms with Crippen LogP contribution in [0.2, 0.25) is 0 Å². The highest BCUT2D eigenvalue weighted by atomic mass is 32.3. The Morgan fingerprint density at radius 2 is 1.02 bits per heavy atom. The van der Waals surface area contributed by atoms with Gasteiger partial charge in [-0.25, -0.2) is 0 Å². The lowest BCUT2D eigenvalue weighted by molar-refractivity contribution is -0.136. The summed E-state index contributed by atoms with van der Waals surface area (Å²) in [6, 6.07) is 0.0502. The molecule has 334 valence electrons. The summed E-state index contributed by atoms with van der Waals surface area (Å²) in [5.74, 6) is -5.41. The van der Waals surface area contributed by atoms with Crippen molar-refractivity contribution in [2.24, 2.45) is 28.9 Å². The second-order valence-corrected chi connectivity index (χ2v) is 15.1. The molecule has 0 saturated carbocycles. The minimum atomic E-state index is -4.67. The fourth-order valence-corrected chi connectivity index (χ4v) is 5.69. The molecule has 1 aliphatic rings. The fraction of sp³-hybridized carbons (Fsp3) is 0.629. The van der Waals surface area contributed by atoms with E-state index < -0.39 is 100 Å². The number of carbonyl (C=O) groups excluding carboxylic acids is 7. The van der Waals surface area contributed by atoms with E-state index in [2.05, 4.69) is 37.2 Å². The summed E-state index contributed by atoms with van der Waals surface area (Å²) in [6.45, 7) is 4.70. The van der Waals surface area contributed by atoms with Crippen LogP contribution in [0.15, 0.2) is 30.3 Å². The maximum absolute atomic E-state index is 13.9. The third kappa shape index (κ3) is 20.6. The number of aliphatic hydroxyl groups excluding tert-OH is 1. The average molecular weight is 860 g/mol. The van der Waals surface area contributed by atoms with Gasteiger partial charge < -0.3 is 65.3 Å². The summed E-state index contributed by atoms with van der Waals surface area (Å²) < 4.78 is 31.6. The summed E-state index contributed by atoms with van der Waals surface area (Å²) >= 11 is 0. The number of rotatable bonds is 11. The van der Waals surface area contributed by atoms with Gasteiger partial charge in [-0.1, -0.05) is 44.2 Å². The minimum absolute atomic E-state index is 0.00796. The Hall–Kier alpha value is -4.82. The number of nitrogens with two attached hydrogens (primary N) is 4. The van der Waals surface area contributed by atoms with E-state index in [0.717, 1.165) is 0 Å². The molecule has 1 aliphatic heterocycles. The molecule has 7 amide bonds. The van der Waals surface area contributed by atoms with Crippen LogP contribution in [0, 0.1) is 5.92 Å². The molecule has 0 spiro atoms. The van der Waals surface area contributed by atoms with Gasteiger partial charge in [-0.15, -0.1) is 0 Å². The maximum atomic E-state index is 13.9. The van der Waals surface area contributed by atoms with Gasteiger partial charge in [0.15, 0.2) is 0 Å². The SMILES string of the molecule is CC(C)CC1NC(=O)C(Cc2ccccc2)NC(=O)C(CCN)NC(=O)C(N)CCNC(=O)C(C(C)O)NC(=O)C(CCN)NC(=O)C(CCN)NC1=O.O=S(=O)(O)O. The van der Waals surface area contributed by atoms with Gasteiger partial charge in [0.25, 0.3) is 0 Å². The second kappa shape index (κ2) is 26.3. The van der Waals surface area contributed by atoms with E-state index in [1.807, 2.05) is 13.8 Å². The van der Waals surface area contributed by atoms with E-state index in [9.17, 15) is 38.7 Å². The summed E-state index contributed by atoms with van der Waals surface area (Å²) in [5.41, 5.74) is 24.1. The molecule has 0 aliphatic carbocycles. The Morgan fingerprint density at radius 3 is 1.46 bits per heavy atom. The van der Waals surface area contributed by atoms with Gasteiger partial charge in [-0.3, -0.25) is 42.7 Å². The Labute approximate surface area is 343 Å². The first-order valence-electron chi connectivity index (χ1n) is 19.0. The zero-order valence-electron chi connectivity index (χ0n) is 33.4. The van der Waals surface area contributed by atoms with Gasteiger partial charge >= 0.3 is 10.4 Å².